The van der Waals surface area contributed by atoms with Crippen LogP contribution in [0.1, 0.15) is 51.5 Å². The van der Waals surface area contributed by atoms with Crippen molar-refractivity contribution in [2.24, 2.45) is 5.92 Å². The zero-order valence-electron chi connectivity index (χ0n) is 13.2. The monoisotopic (exact) mass is 286 g/mol. The molecule has 0 heterocycles. The standard InChI is InChI=1S/C19H26O2/c1-15(2)13-17-6-3-7-18(17)14-21-19-10-8-16(9-11-19)5-4-12-20/h8-12,15H,3-7,13-14H2,1-2H3. The van der Waals surface area contributed by atoms with Crippen LogP contribution in [0.25, 0.3) is 0 Å². The minimum atomic E-state index is 0.589. The molecule has 1 aromatic carbocycles. The van der Waals surface area contributed by atoms with Crippen molar-refractivity contribution in [3.63, 3.8) is 0 Å². The van der Waals surface area contributed by atoms with Crippen molar-refractivity contribution < 1.29 is 9.53 Å². The molecule has 1 aliphatic rings. The van der Waals surface area contributed by atoms with Crippen molar-refractivity contribution in [3.05, 3.63) is 41.0 Å². The van der Waals surface area contributed by atoms with Crippen LogP contribution in [0.2, 0.25) is 0 Å². The summed E-state index contributed by atoms with van der Waals surface area (Å²) in [5.41, 5.74) is 4.32. The van der Waals surface area contributed by atoms with E-state index in [2.05, 4.69) is 26.0 Å². The maximum Gasteiger partial charge on any atom is 0.120 e. The number of hydrogen-bond acceptors (Lipinski definition) is 2. The highest BCUT2D eigenvalue weighted by Crippen LogP contribution is 2.31. The third-order valence-corrected chi connectivity index (χ3v) is 4.00. The van der Waals surface area contributed by atoms with E-state index >= 15 is 0 Å². The minimum Gasteiger partial charge on any atom is -0.489 e. The van der Waals surface area contributed by atoms with Gasteiger partial charge < -0.3 is 9.53 Å². The third kappa shape index (κ3) is 5.04. The van der Waals surface area contributed by atoms with Crippen molar-refractivity contribution in [2.75, 3.05) is 6.61 Å². The number of carbonyl (C=O) groups is 1. The maximum absolute atomic E-state index is 10.4. The number of benzene rings is 1. The Morgan fingerprint density at radius 3 is 2.52 bits per heavy atom. The molecule has 0 N–H and O–H groups in total. The lowest BCUT2D eigenvalue weighted by Crippen LogP contribution is -2.02. The average molecular weight is 286 g/mol. The summed E-state index contributed by atoms with van der Waals surface area (Å²) >= 11 is 0. The molecule has 0 saturated heterocycles. The fourth-order valence-electron chi connectivity index (χ4n) is 2.93. The van der Waals surface area contributed by atoms with Gasteiger partial charge in [0.25, 0.3) is 0 Å². The lowest BCUT2D eigenvalue weighted by molar-refractivity contribution is -0.107. The Morgan fingerprint density at radius 2 is 1.86 bits per heavy atom. The summed E-state index contributed by atoms with van der Waals surface area (Å²) in [6, 6.07) is 8.13. The molecule has 21 heavy (non-hydrogen) atoms. The van der Waals surface area contributed by atoms with Crippen molar-refractivity contribution in [3.8, 4) is 5.75 Å². The molecule has 0 fully saturated rings. The van der Waals surface area contributed by atoms with Gasteiger partial charge in [-0.3, -0.25) is 0 Å². The molecule has 0 amide bonds. The van der Waals surface area contributed by atoms with E-state index in [1.165, 1.54) is 36.8 Å². The molecule has 1 aromatic rings. The Labute approximate surface area is 128 Å². The molecule has 0 atom stereocenters. The first-order valence-corrected chi connectivity index (χ1v) is 8.04. The van der Waals surface area contributed by atoms with Crippen LogP contribution in [-0.2, 0) is 11.2 Å². The van der Waals surface area contributed by atoms with Crippen LogP contribution in [-0.4, -0.2) is 12.9 Å². The average Bonchev–Trinajstić information content (AvgIpc) is 2.90. The highest BCUT2D eigenvalue weighted by molar-refractivity contribution is 5.50. The van der Waals surface area contributed by atoms with Crippen molar-refractivity contribution in [2.45, 2.75) is 52.4 Å². The first-order valence-electron chi connectivity index (χ1n) is 8.04. The SMILES string of the molecule is CC(C)CC1=C(COc2ccc(CCC=O)cc2)CCC1. The summed E-state index contributed by atoms with van der Waals surface area (Å²) in [4.78, 5) is 10.4. The second-order valence-corrected chi connectivity index (χ2v) is 6.30. The summed E-state index contributed by atoms with van der Waals surface area (Å²) in [5.74, 6) is 1.65. The van der Waals surface area contributed by atoms with Crippen LogP contribution < -0.4 is 4.74 Å². The zero-order valence-corrected chi connectivity index (χ0v) is 13.2. The van der Waals surface area contributed by atoms with Gasteiger partial charge in [-0.15, -0.1) is 0 Å². The Bertz CT molecular complexity index is 483. The van der Waals surface area contributed by atoms with Gasteiger partial charge in [-0.2, -0.15) is 0 Å². The predicted molar refractivity (Wildman–Crippen MR) is 86.7 cm³/mol. The Balaban J connectivity index is 1.88. The lowest BCUT2D eigenvalue weighted by Gasteiger charge is -2.12. The molecule has 1 aliphatic carbocycles. The summed E-state index contributed by atoms with van der Waals surface area (Å²) in [6.45, 7) is 5.29. The number of carbonyl (C=O) groups excluding carboxylic acids is 1. The lowest BCUT2D eigenvalue weighted by atomic mass is 10.0. The number of allylic oxidation sites excluding steroid dienone is 1. The molecule has 0 aromatic heterocycles. The molecular weight excluding hydrogens is 260 g/mol. The molecule has 114 valence electrons. The molecule has 2 rings (SSSR count). The Morgan fingerprint density at radius 1 is 1.14 bits per heavy atom. The highest BCUT2D eigenvalue weighted by Gasteiger charge is 2.15. The van der Waals surface area contributed by atoms with Gasteiger partial charge in [0, 0.05) is 6.42 Å². The topological polar surface area (TPSA) is 26.3 Å². The van der Waals surface area contributed by atoms with Crippen LogP contribution in [0.4, 0.5) is 0 Å². The molecule has 0 saturated carbocycles. The van der Waals surface area contributed by atoms with Crippen LogP contribution in [0, 0.1) is 5.92 Å². The normalized spacial score (nSPS) is 14.8. The van der Waals surface area contributed by atoms with Gasteiger partial charge in [0.05, 0.1) is 0 Å². The first kappa shape index (κ1) is 15.8. The molecule has 0 bridgehead atoms. The van der Waals surface area contributed by atoms with Gasteiger partial charge in [-0.25, -0.2) is 0 Å². The van der Waals surface area contributed by atoms with Crippen molar-refractivity contribution >= 4 is 6.29 Å². The zero-order chi connectivity index (χ0) is 15.1. The highest BCUT2D eigenvalue weighted by atomic mass is 16.5. The number of aryl methyl sites for hydroxylation is 1. The van der Waals surface area contributed by atoms with Crippen LogP contribution >= 0.6 is 0 Å². The van der Waals surface area contributed by atoms with E-state index < -0.39 is 0 Å². The summed E-state index contributed by atoms with van der Waals surface area (Å²) in [7, 11) is 0. The van der Waals surface area contributed by atoms with Gasteiger partial charge in [-0.05, 0) is 61.3 Å². The number of ether oxygens (including phenoxy) is 1. The Hall–Kier alpha value is -1.57. The smallest absolute Gasteiger partial charge is 0.120 e. The summed E-state index contributed by atoms with van der Waals surface area (Å²) < 4.78 is 5.93. The maximum atomic E-state index is 10.4. The van der Waals surface area contributed by atoms with Crippen molar-refractivity contribution in [1.29, 1.82) is 0 Å². The molecule has 2 nitrogen and oxygen atoms in total. The predicted octanol–water partition coefficient (Wildman–Crippen LogP) is 4.72. The van der Waals surface area contributed by atoms with E-state index in [0.29, 0.717) is 6.42 Å². The van der Waals surface area contributed by atoms with E-state index in [0.717, 1.165) is 31.0 Å². The molecule has 0 aliphatic heterocycles. The van der Waals surface area contributed by atoms with Gasteiger partial charge in [0.2, 0.25) is 0 Å². The Kier molecular flexibility index (Phi) is 6.04. The van der Waals surface area contributed by atoms with Crippen molar-refractivity contribution in [1.82, 2.24) is 0 Å². The fraction of sp³-hybridized carbons (Fsp3) is 0.526. The molecular formula is C19H26O2. The minimum absolute atomic E-state index is 0.589. The van der Waals surface area contributed by atoms with E-state index in [-0.39, 0.29) is 0 Å². The second kappa shape index (κ2) is 8.02. The van der Waals surface area contributed by atoms with Crippen LogP contribution in [0.5, 0.6) is 5.75 Å². The van der Waals surface area contributed by atoms with Gasteiger partial charge >= 0.3 is 0 Å². The van der Waals surface area contributed by atoms with E-state index in [1.807, 2.05) is 12.1 Å². The number of hydrogen-bond donors (Lipinski definition) is 0. The van der Waals surface area contributed by atoms with E-state index in [1.54, 1.807) is 5.57 Å². The number of aldehydes is 1. The molecule has 0 radical (unpaired) electrons. The summed E-state index contributed by atoms with van der Waals surface area (Å²) in [5, 5.41) is 0. The van der Waals surface area contributed by atoms with Gasteiger partial charge in [-0.1, -0.05) is 31.6 Å². The summed E-state index contributed by atoms with van der Waals surface area (Å²) in [6.07, 6.45) is 7.31. The molecule has 0 spiro atoms. The third-order valence-electron chi connectivity index (χ3n) is 4.00. The largest absolute Gasteiger partial charge is 0.489 e. The molecule has 2 heteroatoms. The van der Waals surface area contributed by atoms with Gasteiger partial charge in [0.15, 0.2) is 0 Å². The second-order valence-electron chi connectivity index (χ2n) is 6.30. The van der Waals surface area contributed by atoms with E-state index in [9.17, 15) is 4.79 Å². The first-order chi connectivity index (χ1) is 10.2. The quantitative estimate of drug-likeness (QED) is 0.510. The van der Waals surface area contributed by atoms with E-state index in [4.69, 9.17) is 4.74 Å². The number of rotatable bonds is 8. The van der Waals surface area contributed by atoms with Crippen LogP contribution in [0.3, 0.4) is 0 Å². The molecule has 0 unspecified atom stereocenters. The van der Waals surface area contributed by atoms with Crippen LogP contribution in [0.15, 0.2) is 35.4 Å². The van der Waals surface area contributed by atoms with Gasteiger partial charge in [0.1, 0.15) is 18.6 Å². The fourth-order valence-corrected chi connectivity index (χ4v) is 2.93.